The quantitative estimate of drug-likeness (QED) is 0.945. The predicted octanol–water partition coefficient (Wildman–Crippen LogP) is 3.41. The Bertz CT molecular complexity index is 528. The molecule has 2 rings (SSSR count). The molecule has 0 fully saturated rings. The highest BCUT2D eigenvalue weighted by molar-refractivity contribution is 9.10. The third-order valence-corrected chi connectivity index (χ3v) is 3.02. The van der Waals surface area contributed by atoms with Crippen molar-refractivity contribution in [3.05, 3.63) is 40.6 Å². The maximum absolute atomic E-state index is 4.16. The van der Waals surface area contributed by atoms with Crippen LogP contribution in [0, 0.1) is 0 Å². The maximum atomic E-state index is 4.16. The van der Waals surface area contributed by atoms with Crippen LogP contribution < -0.4 is 5.32 Å². The van der Waals surface area contributed by atoms with Gasteiger partial charge >= 0.3 is 0 Å². The van der Waals surface area contributed by atoms with Crippen LogP contribution in [0.5, 0.6) is 0 Å². The Hall–Kier alpha value is -1.36. The van der Waals surface area contributed by atoms with E-state index < -0.39 is 0 Å². The molecule has 4 nitrogen and oxygen atoms in total. The summed E-state index contributed by atoms with van der Waals surface area (Å²) in [4.78, 5) is 0. The number of benzene rings is 1. The molecule has 96 valence electrons. The second kappa shape index (κ2) is 5.10. The largest absolute Gasteiger partial charge is 0.379 e. The average molecular weight is 309 g/mol. The van der Waals surface area contributed by atoms with Gasteiger partial charge in [0.2, 0.25) is 0 Å². The van der Waals surface area contributed by atoms with Crippen LogP contribution >= 0.6 is 15.9 Å². The highest BCUT2D eigenvalue weighted by atomic mass is 79.9. The second-order valence-corrected chi connectivity index (χ2v) is 6.10. The number of halogens is 1. The summed E-state index contributed by atoms with van der Waals surface area (Å²) < 4.78 is 2.94. The Balaban J connectivity index is 2.01. The van der Waals surface area contributed by atoms with E-state index >= 15 is 0 Å². The lowest BCUT2D eigenvalue weighted by Gasteiger charge is -2.17. The summed E-state index contributed by atoms with van der Waals surface area (Å²) in [6.45, 7) is 6.99. The molecule has 18 heavy (non-hydrogen) atoms. The van der Waals surface area contributed by atoms with Gasteiger partial charge in [0, 0.05) is 10.2 Å². The van der Waals surface area contributed by atoms with Crippen molar-refractivity contribution in [2.24, 2.45) is 0 Å². The fourth-order valence-corrected chi connectivity index (χ4v) is 1.90. The molecular weight excluding hydrogens is 292 g/mol. The van der Waals surface area contributed by atoms with Gasteiger partial charge in [0.1, 0.15) is 5.69 Å². The standard InChI is InChI=1S/C13H17BrN4/c1-13(2,3)18-9-12(16-17-18)8-15-11-6-4-5-10(14)7-11/h4-7,9,15H,8H2,1-3H3. The summed E-state index contributed by atoms with van der Waals surface area (Å²) in [6.07, 6.45) is 1.98. The van der Waals surface area contributed by atoms with E-state index in [4.69, 9.17) is 0 Å². The van der Waals surface area contributed by atoms with Crippen molar-refractivity contribution in [1.29, 1.82) is 0 Å². The summed E-state index contributed by atoms with van der Waals surface area (Å²) in [7, 11) is 0. The summed E-state index contributed by atoms with van der Waals surface area (Å²) >= 11 is 3.45. The van der Waals surface area contributed by atoms with Gasteiger partial charge in [-0.25, -0.2) is 4.68 Å². The normalized spacial score (nSPS) is 11.6. The number of nitrogens with one attached hydrogen (secondary N) is 1. The van der Waals surface area contributed by atoms with Crippen LogP contribution in [0.15, 0.2) is 34.9 Å². The van der Waals surface area contributed by atoms with Crippen LogP contribution in [0.25, 0.3) is 0 Å². The number of aromatic nitrogens is 3. The summed E-state index contributed by atoms with van der Waals surface area (Å²) in [5, 5.41) is 11.6. The number of nitrogens with zero attached hydrogens (tertiary/aromatic N) is 3. The van der Waals surface area contributed by atoms with Crippen LogP contribution in [-0.2, 0) is 12.1 Å². The molecule has 0 unspecified atom stereocenters. The van der Waals surface area contributed by atoms with Crippen molar-refractivity contribution < 1.29 is 0 Å². The van der Waals surface area contributed by atoms with Gasteiger partial charge < -0.3 is 5.32 Å². The number of anilines is 1. The molecule has 1 aromatic heterocycles. The Morgan fingerprint density at radius 1 is 1.33 bits per heavy atom. The van der Waals surface area contributed by atoms with E-state index in [1.807, 2.05) is 35.1 Å². The summed E-state index contributed by atoms with van der Waals surface area (Å²) in [5.41, 5.74) is 1.97. The van der Waals surface area contributed by atoms with Gasteiger partial charge in [-0.3, -0.25) is 0 Å². The zero-order valence-corrected chi connectivity index (χ0v) is 12.4. The maximum Gasteiger partial charge on any atom is 0.102 e. The number of rotatable bonds is 3. The molecule has 0 atom stereocenters. The lowest BCUT2D eigenvalue weighted by Crippen LogP contribution is -2.22. The van der Waals surface area contributed by atoms with Crippen molar-refractivity contribution in [2.45, 2.75) is 32.9 Å². The van der Waals surface area contributed by atoms with Gasteiger partial charge in [-0.1, -0.05) is 27.2 Å². The van der Waals surface area contributed by atoms with E-state index in [0.717, 1.165) is 15.9 Å². The third kappa shape index (κ3) is 3.32. The zero-order chi connectivity index (χ0) is 13.2. The SMILES string of the molecule is CC(C)(C)n1cc(CNc2cccc(Br)c2)nn1. The third-order valence-electron chi connectivity index (χ3n) is 2.53. The Morgan fingerprint density at radius 2 is 2.11 bits per heavy atom. The van der Waals surface area contributed by atoms with Crippen molar-refractivity contribution in [3.8, 4) is 0 Å². The van der Waals surface area contributed by atoms with Crippen LogP contribution in [0.3, 0.4) is 0 Å². The summed E-state index contributed by atoms with van der Waals surface area (Å²) in [6, 6.07) is 8.06. The molecule has 1 heterocycles. The van der Waals surface area contributed by atoms with Gasteiger partial charge in [0.05, 0.1) is 18.3 Å². The average Bonchev–Trinajstić information content (AvgIpc) is 2.74. The first-order chi connectivity index (χ1) is 8.45. The first-order valence-corrected chi connectivity index (χ1v) is 6.65. The Kier molecular flexibility index (Phi) is 3.71. The number of hydrogen-bond acceptors (Lipinski definition) is 3. The fourth-order valence-electron chi connectivity index (χ4n) is 1.50. The minimum absolute atomic E-state index is 0.0268. The molecule has 0 saturated heterocycles. The van der Waals surface area contributed by atoms with Crippen molar-refractivity contribution >= 4 is 21.6 Å². The molecule has 1 aromatic carbocycles. The van der Waals surface area contributed by atoms with Crippen LogP contribution in [-0.4, -0.2) is 15.0 Å². The highest BCUT2D eigenvalue weighted by Gasteiger charge is 2.14. The van der Waals surface area contributed by atoms with E-state index in [1.54, 1.807) is 0 Å². The monoisotopic (exact) mass is 308 g/mol. The van der Waals surface area contributed by atoms with E-state index in [2.05, 4.69) is 52.3 Å². The first-order valence-electron chi connectivity index (χ1n) is 5.86. The molecule has 0 aliphatic carbocycles. The van der Waals surface area contributed by atoms with Gasteiger partial charge in [0.15, 0.2) is 0 Å². The van der Waals surface area contributed by atoms with E-state index in [-0.39, 0.29) is 5.54 Å². The molecule has 0 aliphatic heterocycles. The molecule has 0 spiro atoms. The minimum Gasteiger partial charge on any atom is -0.379 e. The molecule has 0 saturated carbocycles. The topological polar surface area (TPSA) is 42.7 Å². The lowest BCUT2D eigenvalue weighted by molar-refractivity contribution is 0.347. The van der Waals surface area contributed by atoms with Gasteiger partial charge in [-0.2, -0.15) is 0 Å². The molecule has 0 aliphatic rings. The Morgan fingerprint density at radius 3 is 2.72 bits per heavy atom. The predicted molar refractivity (Wildman–Crippen MR) is 76.5 cm³/mol. The van der Waals surface area contributed by atoms with Crippen molar-refractivity contribution in [2.75, 3.05) is 5.32 Å². The van der Waals surface area contributed by atoms with Crippen molar-refractivity contribution in [1.82, 2.24) is 15.0 Å². The van der Waals surface area contributed by atoms with Gasteiger partial charge in [-0.15, -0.1) is 5.10 Å². The van der Waals surface area contributed by atoms with E-state index in [9.17, 15) is 0 Å². The highest BCUT2D eigenvalue weighted by Crippen LogP contribution is 2.16. The lowest BCUT2D eigenvalue weighted by atomic mass is 10.1. The zero-order valence-electron chi connectivity index (χ0n) is 10.8. The fraction of sp³-hybridized carbons (Fsp3) is 0.385. The van der Waals surface area contributed by atoms with Crippen LogP contribution in [0.2, 0.25) is 0 Å². The van der Waals surface area contributed by atoms with E-state index in [0.29, 0.717) is 6.54 Å². The first kappa shape index (κ1) is 13.1. The molecule has 2 aromatic rings. The van der Waals surface area contributed by atoms with E-state index in [1.165, 1.54) is 0 Å². The molecule has 0 amide bonds. The molecule has 0 bridgehead atoms. The van der Waals surface area contributed by atoms with Gasteiger partial charge in [-0.05, 0) is 39.0 Å². The second-order valence-electron chi connectivity index (χ2n) is 5.19. The summed E-state index contributed by atoms with van der Waals surface area (Å²) in [5.74, 6) is 0. The molecule has 1 N–H and O–H groups in total. The van der Waals surface area contributed by atoms with Gasteiger partial charge in [0.25, 0.3) is 0 Å². The van der Waals surface area contributed by atoms with Crippen LogP contribution in [0.4, 0.5) is 5.69 Å². The minimum atomic E-state index is -0.0268. The van der Waals surface area contributed by atoms with Crippen LogP contribution in [0.1, 0.15) is 26.5 Å². The molecule has 0 radical (unpaired) electrons. The Labute approximate surface area is 116 Å². The van der Waals surface area contributed by atoms with Crippen molar-refractivity contribution in [3.63, 3.8) is 0 Å². The molecular formula is C13H17BrN4. The molecule has 5 heteroatoms. The number of hydrogen-bond donors (Lipinski definition) is 1. The smallest absolute Gasteiger partial charge is 0.102 e.